The normalized spacial score (nSPS) is 10.3. The number of hydrogen-bond acceptors (Lipinski definition) is 2. The molecule has 0 heterocycles. The Morgan fingerprint density at radius 3 is 2.42 bits per heavy atom. The van der Waals surface area contributed by atoms with Gasteiger partial charge in [-0.05, 0) is 30.3 Å². The molecule has 0 unspecified atom stereocenters. The maximum Gasteiger partial charge on any atom is 0.183 e. The molecule has 0 radical (unpaired) electrons. The first kappa shape index (κ1) is 13.7. The second kappa shape index (κ2) is 5.97. The topological polar surface area (TPSA) is 20.3 Å². The molecule has 0 N–H and O–H groups in total. The molecule has 2 nitrogen and oxygen atoms in total. The van der Waals surface area contributed by atoms with Gasteiger partial charge in [0, 0.05) is 22.8 Å². The minimum absolute atomic E-state index is 0.0132. The van der Waals surface area contributed by atoms with E-state index in [1.807, 2.05) is 25.2 Å². The number of nitrogens with zero attached hydrogens (tertiary/aromatic N) is 1. The number of benzene rings is 2. The summed E-state index contributed by atoms with van der Waals surface area (Å²) in [5.41, 5.74) is 1.46. The van der Waals surface area contributed by atoms with Gasteiger partial charge in [-0.15, -0.1) is 0 Å². The first-order valence-corrected chi connectivity index (χ1v) is 6.61. The molecule has 0 aliphatic carbocycles. The van der Waals surface area contributed by atoms with Gasteiger partial charge in [-0.1, -0.05) is 34.1 Å². The summed E-state index contributed by atoms with van der Waals surface area (Å²) in [6.45, 7) is 0.244. The molecule has 0 spiro atoms. The smallest absolute Gasteiger partial charge is 0.183 e. The van der Waals surface area contributed by atoms with E-state index in [1.165, 1.54) is 12.1 Å². The minimum atomic E-state index is -0.283. The maximum atomic E-state index is 12.8. The van der Waals surface area contributed by atoms with Crippen LogP contribution < -0.4 is 4.90 Å². The van der Waals surface area contributed by atoms with E-state index in [-0.39, 0.29) is 18.1 Å². The second-order valence-electron chi connectivity index (χ2n) is 4.24. The quantitative estimate of drug-likeness (QED) is 0.796. The Labute approximate surface area is 120 Å². The average Bonchev–Trinajstić information content (AvgIpc) is 2.39. The van der Waals surface area contributed by atoms with E-state index >= 15 is 0 Å². The Bertz CT molecular complexity index is 583. The van der Waals surface area contributed by atoms with Gasteiger partial charge >= 0.3 is 0 Å². The molecule has 0 atom stereocenters. The number of hydrogen-bond donors (Lipinski definition) is 0. The van der Waals surface area contributed by atoms with E-state index in [0.717, 1.165) is 10.2 Å². The number of rotatable bonds is 4. The average molecular weight is 322 g/mol. The molecule has 2 rings (SSSR count). The molecule has 19 heavy (non-hydrogen) atoms. The predicted octanol–water partition coefficient (Wildman–Crippen LogP) is 3.91. The molecular formula is C15H13BrFNO. The Kier molecular flexibility index (Phi) is 4.32. The van der Waals surface area contributed by atoms with Crippen LogP contribution in [0.5, 0.6) is 0 Å². The van der Waals surface area contributed by atoms with Crippen LogP contribution in [0.2, 0.25) is 0 Å². The van der Waals surface area contributed by atoms with Gasteiger partial charge in [0.15, 0.2) is 5.78 Å². The van der Waals surface area contributed by atoms with Gasteiger partial charge < -0.3 is 4.90 Å². The number of Topliss-reactive ketones (excluding diaryl/α,β-unsaturated/α-hetero) is 1. The summed E-state index contributed by atoms with van der Waals surface area (Å²) >= 11 is 3.36. The van der Waals surface area contributed by atoms with Crippen LogP contribution in [0.25, 0.3) is 0 Å². The highest BCUT2D eigenvalue weighted by Crippen LogP contribution is 2.18. The monoisotopic (exact) mass is 321 g/mol. The molecule has 0 saturated carbocycles. The molecule has 2 aromatic rings. The third-order valence-corrected chi connectivity index (χ3v) is 3.51. The fourth-order valence-corrected chi connectivity index (χ4v) is 2.28. The van der Waals surface area contributed by atoms with Crippen molar-refractivity contribution in [2.45, 2.75) is 0 Å². The highest BCUT2D eigenvalue weighted by atomic mass is 79.9. The van der Waals surface area contributed by atoms with Gasteiger partial charge in [-0.2, -0.15) is 0 Å². The van der Waals surface area contributed by atoms with Crippen molar-refractivity contribution in [3.8, 4) is 0 Å². The highest BCUT2D eigenvalue weighted by Gasteiger charge is 2.12. The summed E-state index contributed by atoms with van der Waals surface area (Å²) < 4.78 is 13.6. The lowest BCUT2D eigenvalue weighted by Gasteiger charge is -2.18. The van der Waals surface area contributed by atoms with Crippen molar-refractivity contribution in [1.82, 2.24) is 0 Å². The first-order chi connectivity index (χ1) is 9.08. The molecule has 0 amide bonds. The first-order valence-electron chi connectivity index (χ1n) is 5.82. The molecule has 0 fully saturated rings. The zero-order valence-electron chi connectivity index (χ0n) is 10.4. The number of anilines is 1. The number of ketones is 1. The van der Waals surface area contributed by atoms with Crippen molar-refractivity contribution in [2.75, 3.05) is 18.5 Å². The highest BCUT2D eigenvalue weighted by molar-refractivity contribution is 9.10. The van der Waals surface area contributed by atoms with Gasteiger partial charge in [0.25, 0.3) is 0 Å². The van der Waals surface area contributed by atoms with Crippen LogP contribution in [0.4, 0.5) is 10.1 Å². The largest absolute Gasteiger partial charge is 0.367 e. The van der Waals surface area contributed by atoms with Crippen molar-refractivity contribution in [3.63, 3.8) is 0 Å². The van der Waals surface area contributed by atoms with E-state index in [4.69, 9.17) is 0 Å². The Hall–Kier alpha value is -1.68. The van der Waals surface area contributed by atoms with Crippen LogP contribution >= 0.6 is 15.9 Å². The van der Waals surface area contributed by atoms with E-state index in [1.54, 1.807) is 23.1 Å². The summed E-state index contributed by atoms with van der Waals surface area (Å²) in [6.07, 6.45) is 0. The molecule has 2 aromatic carbocycles. The SMILES string of the molecule is CN(CC(=O)c1ccccc1Br)c1ccc(F)cc1. The Balaban J connectivity index is 2.11. The van der Waals surface area contributed by atoms with E-state index in [2.05, 4.69) is 15.9 Å². The van der Waals surface area contributed by atoms with Crippen LogP contribution in [-0.2, 0) is 0 Å². The minimum Gasteiger partial charge on any atom is -0.367 e. The summed E-state index contributed by atoms with van der Waals surface area (Å²) in [7, 11) is 1.81. The van der Waals surface area contributed by atoms with Crippen molar-refractivity contribution in [1.29, 1.82) is 0 Å². The summed E-state index contributed by atoms with van der Waals surface area (Å²) in [5.74, 6) is -0.270. The second-order valence-corrected chi connectivity index (χ2v) is 5.09. The van der Waals surface area contributed by atoms with E-state index in [9.17, 15) is 9.18 Å². The van der Waals surface area contributed by atoms with E-state index in [0.29, 0.717) is 5.56 Å². The van der Waals surface area contributed by atoms with Crippen LogP contribution in [0.15, 0.2) is 53.0 Å². The fourth-order valence-electron chi connectivity index (χ4n) is 1.77. The molecular weight excluding hydrogens is 309 g/mol. The zero-order valence-corrected chi connectivity index (χ0v) is 12.0. The molecule has 0 bridgehead atoms. The lowest BCUT2D eigenvalue weighted by atomic mass is 10.1. The van der Waals surface area contributed by atoms with Crippen LogP contribution in [0.1, 0.15) is 10.4 Å². The number of carbonyl (C=O) groups is 1. The molecule has 0 aliphatic heterocycles. The van der Waals surface area contributed by atoms with Crippen molar-refractivity contribution in [3.05, 3.63) is 64.4 Å². The number of halogens is 2. The summed E-state index contributed by atoms with van der Waals surface area (Å²) in [5, 5.41) is 0. The molecule has 0 saturated heterocycles. The summed E-state index contributed by atoms with van der Waals surface area (Å²) in [6, 6.07) is 13.4. The van der Waals surface area contributed by atoms with Gasteiger partial charge in [0.1, 0.15) is 5.82 Å². The van der Waals surface area contributed by atoms with Gasteiger partial charge in [0.2, 0.25) is 0 Å². The lowest BCUT2D eigenvalue weighted by molar-refractivity contribution is 0.0999. The number of carbonyl (C=O) groups excluding carboxylic acids is 1. The van der Waals surface area contributed by atoms with Crippen LogP contribution in [-0.4, -0.2) is 19.4 Å². The van der Waals surface area contributed by atoms with E-state index < -0.39 is 0 Å². The van der Waals surface area contributed by atoms with Crippen LogP contribution in [0, 0.1) is 5.82 Å². The Morgan fingerprint density at radius 2 is 1.79 bits per heavy atom. The maximum absolute atomic E-state index is 12.8. The van der Waals surface area contributed by atoms with Crippen molar-refractivity contribution >= 4 is 27.4 Å². The summed E-state index contributed by atoms with van der Waals surface area (Å²) in [4.78, 5) is 14.0. The fraction of sp³-hybridized carbons (Fsp3) is 0.133. The Morgan fingerprint density at radius 1 is 1.16 bits per heavy atom. The van der Waals surface area contributed by atoms with Gasteiger partial charge in [-0.3, -0.25) is 4.79 Å². The van der Waals surface area contributed by atoms with Crippen LogP contribution in [0.3, 0.4) is 0 Å². The zero-order chi connectivity index (χ0) is 13.8. The predicted molar refractivity (Wildman–Crippen MR) is 78.1 cm³/mol. The lowest BCUT2D eigenvalue weighted by Crippen LogP contribution is -2.25. The third kappa shape index (κ3) is 3.41. The molecule has 98 valence electrons. The molecule has 0 aliphatic rings. The standard InChI is InChI=1S/C15H13BrFNO/c1-18(12-8-6-11(17)7-9-12)10-15(19)13-4-2-3-5-14(13)16/h2-9H,10H2,1H3. The number of likely N-dealkylation sites (N-methyl/N-ethyl adjacent to an activating group) is 1. The van der Waals surface area contributed by atoms with Crippen molar-refractivity contribution < 1.29 is 9.18 Å². The van der Waals surface area contributed by atoms with Gasteiger partial charge in [-0.25, -0.2) is 4.39 Å². The molecule has 4 heteroatoms. The third-order valence-electron chi connectivity index (χ3n) is 2.82. The molecule has 0 aromatic heterocycles. The van der Waals surface area contributed by atoms with Gasteiger partial charge in [0.05, 0.1) is 6.54 Å². The van der Waals surface area contributed by atoms with Crippen molar-refractivity contribution in [2.24, 2.45) is 0 Å².